The molecule has 0 bridgehead atoms. The maximum absolute atomic E-state index is 5.42. The third kappa shape index (κ3) is 3.26. The van der Waals surface area contributed by atoms with E-state index in [0.717, 1.165) is 28.9 Å². The van der Waals surface area contributed by atoms with Crippen molar-refractivity contribution in [2.45, 2.75) is 45.6 Å². The van der Waals surface area contributed by atoms with E-state index in [9.17, 15) is 0 Å². The summed E-state index contributed by atoms with van der Waals surface area (Å²) in [6.45, 7) is 2.29. The molecule has 0 atom stereocenters. The summed E-state index contributed by atoms with van der Waals surface area (Å²) in [6.07, 6.45) is 9.51. The molecule has 0 radical (unpaired) electrons. The first-order chi connectivity index (χ1) is 13.8. The molecule has 7 heteroatoms. The van der Waals surface area contributed by atoms with Crippen molar-refractivity contribution >= 4 is 33.4 Å². The lowest BCUT2D eigenvalue weighted by atomic mass is 10.1. The van der Waals surface area contributed by atoms with Gasteiger partial charge >= 0.3 is 0 Å². The zero-order valence-electron chi connectivity index (χ0n) is 15.8. The van der Waals surface area contributed by atoms with E-state index in [0.29, 0.717) is 5.82 Å². The van der Waals surface area contributed by atoms with Crippen LogP contribution in [-0.2, 0) is 24.3 Å². The largest absolute Gasteiger partial charge is 0.387 e. The number of fused-ring (bicyclic) bond motifs is 5. The van der Waals surface area contributed by atoms with Gasteiger partial charge in [0.15, 0.2) is 18.1 Å². The molecule has 142 valence electrons. The summed E-state index contributed by atoms with van der Waals surface area (Å²) < 4.78 is 1.77. The van der Waals surface area contributed by atoms with E-state index in [1.807, 2.05) is 35.6 Å². The molecular weight excluding hydrogens is 370 g/mol. The molecule has 3 aromatic heterocycles. The monoisotopic (exact) mass is 391 g/mol. The fraction of sp³-hybridized carbons (Fsp3) is 0.333. The molecule has 0 amide bonds. The van der Waals surface area contributed by atoms with E-state index in [4.69, 9.17) is 9.82 Å². The van der Waals surface area contributed by atoms with Gasteiger partial charge in [0.25, 0.3) is 0 Å². The van der Waals surface area contributed by atoms with Gasteiger partial charge in [-0.2, -0.15) is 0 Å². The molecule has 28 heavy (non-hydrogen) atoms. The zero-order valence-corrected chi connectivity index (χ0v) is 16.6. The van der Waals surface area contributed by atoms with Crippen LogP contribution in [0.5, 0.6) is 0 Å². The molecular formula is C21H21N5OS. The Bertz CT molecular complexity index is 1160. The van der Waals surface area contributed by atoms with Crippen LogP contribution in [0.3, 0.4) is 0 Å². The zero-order chi connectivity index (χ0) is 18.9. The van der Waals surface area contributed by atoms with Gasteiger partial charge in [-0.05, 0) is 43.7 Å². The Labute approximate surface area is 166 Å². The predicted molar refractivity (Wildman–Crippen MR) is 111 cm³/mol. The smallest absolute Gasteiger partial charge is 0.192 e. The standard InChI is InChI=1S/C21H21N5OS/c1-14-7-9-15(10-8-14)11-23-27-12-18-24-20-19-16-5-3-2-4-6-17(16)28-21(19)22-13-26(20)25-18/h7-11,13H,2-6,12H2,1H3. The molecule has 0 spiro atoms. The highest BCUT2D eigenvalue weighted by atomic mass is 32.1. The van der Waals surface area contributed by atoms with E-state index >= 15 is 0 Å². The van der Waals surface area contributed by atoms with E-state index in [1.54, 1.807) is 17.1 Å². The number of hydrogen-bond acceptors (Lipinski definition) is 6. The Hall–Kier alpha value is -2.80. The first-order valence-electron chi connectivity index (χ1n) is 9.64. The predicted octanol–water partition coefficient (Wildman–Crippen LogP) is 4.47. The number of aromatic nitrogens is 4. The number of benzene rings is 1. The Morgan fingerprint density at radius 1 is 1.18 bits per heavy atom. The maximum atomic E-state index is 5.42. The van der Waals surface area contributed by atoms with Crippen LogP contribution in [0.2, 0.25) is 0 Å². The van der Waals surface area contributed by atoms with Gasteiger partial charge in [0.05, 0.1) is 11.6 Å². The van der Waals surface area contributed by atoms with Gasteiger partial charge in [-0.25, -0.2) is 14.5 Å². The van der Waals surface area contributed by atoms with Crippen molar-refractivity contribution in [2.75, 3.05) is 0 Å². The molecule has 1 aliphatic rings. The molecule has 0 unspecified atom stereocenters. The number of nitrogens with zero attached hydrogens (tertiary/aromatic N) is 5. The molecule has 6 nitrogen and oxygen atoms in total. The van der Waals surface area contributed by atoms with Crippen LogP contribution in [0.4, 0.5) is 0 Å². The summed E-state index contributed by atoms with van der Waals surface area (Å²) >= 11 is 1.81. The summed E-state index contributed by atoms with van der Waals surface area (Å²) in [7, 11) is 0. The van der Waals surface area contributed by atoms with Crippen LogP contribution in [0, 0.1) is 6.92 Å². The van der Waals surface area contributed by atoms with E-state index < -0.39 is 0 Å². The lowest BCUT2D eigenvalue weighted by Gasteiger charge is -1.98. The van der Waals surface area contributed by atoms with Gasteiger partial charge in [-0.15, -0.1) is 16.4 Å². The van der Waals surface area contributed by atoms with Gasteiger partial charge in [-0.3, -0.25) is 0 Å². The third-order valence-electron chi connectivity index (χ3n) is 5.13. The summed E-state index contributed by atoms with van der Waals surface area (Å²) in [5.41, 5.74) is 4.53. The second-order valence-electron chi connectivity index (χ2n) is 7.20. The van der Waals surface area contributed by atoms with Gasteiger partial charge in [0.2, 0.25) is 0 Å². The Morgan fingerprint density at radius 3 is 2.93 bits per heavy atom. The van der Waals surface area contributed by atoms with Crippen LogP contribution >= 0.6 is 11.3 Å². The number of rotatable bonds is 4. The molecule has 0 N–H and O–H groups in total. The minimum atomic E-state index is 0.234. The van der Waals surface area contributed by atoms with E-state index in [-0.39, 0.29) is 6.61 Å². The fourth-order valence-electron chi connectivity index (χ4n) is 3.68. The van der Waals surface area contributed by atoms with Crippen molar-refractivity contribution in [3.8, 4) is 0 Å². The molecule has 0 fully saturated rings. The number of thiophene rings is 1. The maximum Gasteiger partial charge on any atom is 0.192 e. The van der Waals surface area contributed by atoms with Crippen molar-refractivity contribution in [2.24, 2.45) is 5.16 Å². The molecule has 0 aliphatic heterocycles. The lowest BCUT2D eigenvalue weighted by molar-refractivity contribution is 0.126. The van der Waals surface area contributed by atoms with Crippen molar-refractivity contribution < 1.29 is 4.84 Å². The van der Waals surface area contributed by atoms with Crippen molar-refractivity contribution in [3.05, 3.63) is 58.0 Å². The van der Waals surface area contributed by atoms with E-state index in [1.165, 1.54) is 40.7 Å². The van der Waals surface area contributed by atoms with Gasteiger partial charge in [0.1, 0.15) is 11.2 Å². The topological polar surface area (TPSA) is 64.7 Å². The highest BCUT2D eigenvalue weighted by molar-refractivity contribution is 7.19. The molecule has 0 saturated carbocycles. The van der Waals surface area contributed by atoms with Gasteiger partial charge in [0, 0.05) is 4.88 Å². The quantitative estimate of drug-likeness (QED) is 0.293. The fourth-order valence-corrected chi connectivity index (χ4v) is 4.91. The second-order valence-corrected chi connectivity index (χ2v) is 8.29. The highest BCUT2D eigenvalue weighted by Gasteiger charge is 2.19. The Morgan fingerprint density at radius 2 is 2.04 bits per heavy atom. The van der Waals surface area contributed by atoms with Crippen molar-refractivity contribution in [1.82, 2.24) is 19.6 Å². The molecule has 5 rings (SSSR count). The average Bonchev–Trinajstić information content (AvgIpc) is 3.19. The minimum absolute atomic E-state index is 0.234. The van der Waals surface area contributed by atoms with Crippen LogP contribution < -0.4 is 0 Å². The summed E-state index contributed by atoms with van der Waals surface area (Å²) in [5, 5.41) is 9.74. The molecule has 4 aromatic rings. The highest BCUT2D eigenvalue weighted by Crippen LogP contribution is 2.36. The molecule has 1 aliphatic carbocycles. The average molecular weight is 392 g/mol. The van der Waals surface area contributed by atoms with E-state index in [2.05, 4.69) is 22.2 Å². The lowest BCUT2D eigenvalue weighted by Crippen LogP contribution is -1.93. The van der Waals surface area contributed by atoms with Crippen LogP contribution in [0.25, 0.3) is 15.9 Å². The van der Waals surface area contributed by atoms with Gasteiger partial charge < -0.3 is 4.84 Å². The molecule has 1 aromatic carbocycles. The number of hydrogen-bond donors (Lipinski definition) is 0. The van der Waals surface area contributed by atoms with Crippen molar-refractivity contribution in [3.63, 3.8) is 0 Å². The normalized spacial score (nSPS) is 14.6. The SMILES string of the molecule is Cc1ccc(C=NOCc2nc3c4c5c(sc4ncn3n2)CCCCC5)cc1. The second kappa shape index (κ2) is 7.31. The van der Waals surface area contributed by atoms with Crippen LogP contribution in [-0.4, -0.2) is 25.8 Å². The summed E-state index contributed by atoms with van der Waals surface area (Å²) in [4.78, 5) is 17.3. The minimum Gasteiger partial charge on any atom is -0.387 e. The number of aryl methyl sites for hydroxylation is 3. The Kier molecular flexibility index (Phi) is 4.52. The first kappa shape index (κ1) is 17.3. The first-order valence-corrected chi connectivity index (χ1v) is 10.5. The van der Waals surface area contributed by atoms with Crippen LogP contribution in [0.15, 0.2) is 35.7 Å². The molecule has 3 heterocycles. The Balaban J connectivity index is 1.39. The number of oxime groups is 1. The molecule has 0 saturated heterocycles. The van der Waals surface area contributed by atoms with Crippen LogP contribution in [0.1, 0.15) is 46.7 Å². The van der Waals surface area contributed by atoms with Gasteiger partial charge in [-0.1, -0.05) is 41.4 Å². The summed E-state index contributed by atoms with van der Waals surface area (Å²) in [5.74, 6) is 0.615. The van der Waals surface area contributed by atoms with Crippen molar-refractivity contribution in [1.29, 1.82) is 0 Å². The summed E-state index contributed by atoms with van der Waals surface area (Å²) in [6, 6.07) is 8.12. The third-order valence-corrected chi connectivity index (χ3v) is 6.33.